The largest absolute Gasteiger partial charge is 0.491 e. The van der Waals surface area contributed by atoms with E-state index in [1.165, 1.54) is 11.5 Å². The first-order chi connectivity index (χ1) is 9.80. The maximum Gasteiger partial charge on any atom is 0.124 e. The third kappa shape index (κ3) is 3.60. The smallest absolute Gasteiger partial charge is 0.124 e. The molecule has 0 amide bonds. The van der Waals surface area contributed by atoms with Crippen LogP contribution in [0.4, 0.5) is 0 Å². The van der Waals surface area contributed by atoms with Crippen molar-refractivity contribution in [3.63, 3.8) is 0 Å². The van der Waals surface area contributed by atoms with Crippen LogP contribution in [0, 0.1) is 0 Å². The normalized spacial score (nSPS) is 13.5. The van der Waals surface area contributed by atoms with Gasteiger partial charge in [0.05, 0.1) is 22.7 Å². The second-order valence-corrected chi connectivity index (χ2v) is 7.20. The quantitative estimate of drug-likeness (QED) is 0.936. The summed E-state index contributed by atoms with van der Waals surface area (Å²) in [6, 6.07) is 7.64. The van der Waals surface area contributed by atoms with Crippen LogP contribution >= 0.6 is 11.5 Å². The van der Waals surface area contributed by atoms with Gasteiger partial charge in [0.15, 0.2) is 0 Å². The van der Waals surface area contributed by atoms with Crippen LogP contribution < -0.4 is 10.5 Å². The van der Waals surface area contributed by atoms with Gasteiger partial charge in [-0.25, -0.2) is 0 Å². The first kappa shape index (κ1) is 15.9. The van der Waals surface area contributed by atoms with Crippen molar-refractivity contribution >= 4 is 11.5 Å². The van der Waals surface area contributed by atoms with Gasteiger partial charge in [-0.1, -0.05) is 43.5 Å². The minimum Gasteiger partial charge on any atom is -0.491 e. The van der Waals surface area contributed by atoms with E-state index < -0.39 is 0 Å². The monoisotopic (exact) mass is 305 g/mol. The molecule has 1 atom stereocenters. The third-order valence-corrected chi connectivity index (χ3v) is 3.93. The second kappa shape index (κ2) is 6.12. The zero-order valence-corrected chi connectivity index (χ0v) is 14.1. The van der Waals surface area contributed by atoms with Gasteiger partial charge in [0, 0.05) is 11.0 Å². The minimum atomic E-state index is -0.269. The van der Waals surface area contributed by atoms with Crippen LogP contribution in [-0.2, 0) is 5.41 Å². The van der Waals surface area contributed by atoms with Crippen LogP contribution in [0.2, 0.25) is 0 Å². The molecule has 5 heteroatoms. The van der Waals surface area contributed by atoms with E-state index in [0.717, 1.165) is 21.9 Å². The van der Waals surface area contributed by atoms with Gasteiger partial charge in [-0.05, 0) is 31.4 Å². The Labute approximate surface area is 130 Å². The molecule has 0 fully saturated rings. The minimum absolute atomic E-state index is 0.0756. The number of aromatic nitrogens is 2. The fraction of sp³-hybridized carbons (Fsp3) is 0.500. The van der Waals surface area contributed by atoms with E-state index >= 15 is 0 Å². The summed E-state index contributed by atoms with van der Waals surface area (Å²) in [5.74, 6) is 0.827. The van der Waals surface area contributed by atoms with Crippen molar-refractivity contribution in [2.45, 2.75) is 52.2 Å². The predicted octanol–water partition coefficient (Wildman–Crippen LogP) is 3.67. The highest BCUT2D eigenvalue weighted by molar-refractivity contribution is 7.05. The van der Waals surface area contributed by atoms with Gasteiger partial charge in [-0.15, -0.1) is 5.10 Å². The van der Waals surface area contributed by atoms with Crippen molar-refractivity contribution in [3.05, 3.63) is 40.4 Å². The molecule has 0 spiro atoms. The zero-order valence-electron chi connectivity index (χ0n) is 13.3. The van der Waals surface area contributed by atoms with Crippen molar-refractivity contribution in [1.82, 2.24) is 9.59 Å². The average molecular weight is 305 g/mol. The molecule has 0 bridgehead atoms. The Kier molecular flexibility index (Phi) is 4.64. The Balaban J connectivity index is 2.42. The van der Waals surface area contributed by atoms with Gasteiger partial charge in [-0.3, -0.25) is 0 Å². The molecule has 0 saturated heterocycles. The van der Waals surface area contributed by atoms with Crippen LogP contribution in [0.1, 0.15) is 56.8 Å². The first-order valence-corrected chi connectivity index (χ1v) is 7.92. The topological polar surface area (TPSA) is 61.0 Å². The molecule has 0 aliphatic carbocycles. The summed E-state index contributed by atoms with van der Waals surface area (Å²) in [6.45, 7) is 10.4. The summed E-state index contributed by atoms with van der Waals surface area (Å²) >= 11 is 1.37. The second-order valence-electron chi connectivity index (χ2n) is 6.42. The van der Waals surface area contributed by atoms with E-state index in [2.05, 4.69) is 30.4 Å². The standard InChI is InChI=1S/C16H23N3OS/c1-10(2)20-12-9-7-6-8-11(12)13(17)14-15(16(3,4)5)18-19-21-14/h6-10,13H,17H2,1-5H3. The molecule has 21 heavy (non-hydrogen) atoms. The molecule has 2 N–H and O–H groups in total. The van der Waals surface area contributed by atoms with Crippen molar-refractivity contribution in [1.29, 1.82) is 0 Å². The Morgan fingerprint density at radius 2 is 1.86 bits per heavy atom. The molecular weight excluding hydrogens is 282 g/mol. The highest BCUT2D eigenvalue weighted by Gasteiger charge is 2.27. The molecule has 0 aliphatic rings. The molecule has 4 nitrogen and oxygen atoms in total. The fourth-order valence-electron chi connectivity index (χ4n) is 2.16. The van der Waals surface area contributed by atoms with Gasteiger partial charge < -0.3 is 10.5 Å². The molecule has 0 saturated carbocycles. The van der Waals surface area contributed by atoms with Crippen LogP contribution in [0.3, 0.4) is 0 Å². The maximum absolute atomic E-state index is 6.49. The number of ether oxygens (including phenoxy) is 1. The number of rotatable bonds is 4. The molecule has 0 aliphatic heterocycles. The number of benzene rings is 1. The average Bonchev–Trinajstić information content (AvgIpc) is 2.87. The zero-order chi connectivity index (χ0) is 15.6. The molecule has 2 aromatic rings. The molecule has 0 radical (unpaired) electrons. The lowest BCUT2D eigenvalue weighted by Gasteiger charge is -2.22. The maximum atomic E-state index is 6.49. The molecule has 114 valence electrons. The summed E-state index contributed by atoms with van der Waals surface area (Å²) in [5, 5.41) is 4.27. The lowest BCUT2D eigenvalue weighted by molar-refractivity contribution is 0.239. The van der Waals surface area contributed by atoms with Crippen molar-refractivity contribution in [2.75, 3.05) is 0 Å². The molecular formula is C16H23N3OS. The number of hydrogen-bond donors (Lipinski definition) is 1. The van der Waals surface area contributed by atoms with Crippen LogP contribution in [0.15, 0.2) is 24.3 Å². The Bertz CT molecular complexity index is 602. The summed E-state index contributed by atoms with van der Waals surface area (Å²) in [5.41, 5.74) is 8.34. The molecule has 1 heterocycles. The van der Waals surface area contributed by atoms with E-state index in [0.29, 0.717) is 0 Å². The van der Waals surface area contributed by atoms with Gasteiger partial charge in [-0.2, -0.15) is 0 Å². The van der Waals surface area contributed by atoms with Crippen molar-refractivity contribution < 1.29 is 4.74 Å². The van der Waals surface area contributed by atoms with Gasteiger partial charge >= 0.3 is 0 Å². The third-order valence-electron chi connectivity index (χ3n) is 3.12. The van der Waals surface area contributed by atoms with E-state index in [9.17, 15) is 0 Å². The number of nitrogens with two attached hydrogens (primary N) is 1. The Morgan fingerprint density at radius 3 is 2.48 bits per heavy atom. The van der Waals surface area contributed by atoms with Gasteiger partial charge in [0.1, 0.15) is 5.75 Å². The van der Waals surface area contributed by atoms with Crippen molar-refractivity contribution in [2.24, 2.45) is 5.73 Å². The predicted molar refractivity (Wildman–Crippen MR) is 86.8 cm³/mol. The van der Waals surface area contributed by atoms with E-state index in [4.69, 9.17) is 10.5 Å². The Hall–Kier alpha value is -1.46. The lowest BCUT2D eigenvalue weighted by Crippen LogP contribution is -2.20. The lowest BCUT2D eigenvalue weighted by atomic mass is 9.89. The summed E-state index contributed by atoms with van der Waals surface area (Å²) in [4.78, 5) is 1.00. The van der Waals surface area contributed by atoms with E-state index in [-0.39, 0.29) is 17.6 Å². The van der Waals surface area contributed by atoms with Gasteiger partial charge in [0.2, 0.25) is 0 Å². The SMILES string of the molecule is CC(C)Oc1ccccc1C(N)c1snnc1C(C)(C)C. The molecule has 1 unspecified atom stereocenters. The highest BCUT2D eigenvalue weighted by Crippen LogP contribution is 2.35. The molecule has 1 aromatic heterocycles. The highest BCUT2D eigenvalue weighted by atomic mass is 32.1. The van der Waals surface area contributed by atoms with Gasteiger partial charge in [0.25, 0.3) is 0 Å². The van der Waals surface area contributed by atoms with Crippen LogP contribution in [0.5, 0.6) is 5.75 Å². The van der Waals surface area contributed by atoms with Crippen LogP contribution in [0.25, 0.3) is 0 Å². The van der Waals surface area contributed by atoms with E-state index in [1.54, 1.807) is 0 Å². The summed E-state index contributed by atoms with van der Waals surface area (Å²) in [7, 11) is 0. The summed E-state index contributed by atoms with van der Waals surface area (Å²) < 4.78 is 9.97. The van der Waals surface area contributed by atoms with Crippen molar-refractivity contribution in [3.8, 4) is 5.75 Å². The fourth-order valence-corrected chi connectivity index (χ4v) is 3.05. The van der Waals surface area contributed by atoms with E-state index in [1.807, 2.05) is 38.1 Å². The molecule has 2 rings (SSSR count). The van der Waals surface area contributed by atoms with Crippen LogP contribution in [-0.4, -0.2) is 15.7 Å². The number of para-hydroxylation sites is 1. The Morgan fingerprint density at radius 1 is 1.19 bits per heavy atom. The summed E-state index contributed by atoms with van der Waals surface area (Å²) in [6.07, 6.45) is 0.111. The number of nitrogens with zero attached hydrogens (tertiary/aromatic N) is 2. The first-order valence-electron chi connectivity index (χ1n) is 7.14. The molecule has 1 aromatic carbocycles. The number of hydrogen-bond acceptors (Lipinski definition) is 5.